The third-order valence-electron chi connectivity index (χ3n) is 2.53. The standard InChI is InChI=1S/C13H30NO4P/c1-8-17-19(16,18-9-2)12(13(5,6)7)14(15)10-11(3)4/h11-12,15H,8-10H2,1-7H3. The Labute approximate surface area is 117 Å². The maximum atomic E-state index is 12.9. The molecular weight excluding hydrogens is 265 g/mol. The summed E-state index contributed by atoms with van der Waals surface area (Å²) in [4.78, 5) is 0. The van der Waals surface area contributed by atoms with E-state index in [-0.39, 0.29) is 5.92 Å². The fraction of sp³-hybridized carbons (Fsp3) is 1.00. The summed E-state index contributed by atoms with van der Waals surface area (Å²) in [7, 11) is -3.39. The molecule has 0 aliphatic rings. The number of rotatable bonds is 8. The highest BCUT2D eigenvalue weighted by Gasteiger charge is 2.47. The molecule has 0 heterocycles. The summed E-state index contributed by atoms with van der Waals surface area (Å²) in [6.45, 7) is 14.3. The van der Waals surface area contributed by atoms with E-state index in [9.17, 15) is 9.77 Å². The van der Waals surface area contributed by atoms with E-state index in [0.717, 1.165) is 5.06 Å². The second-order valence-corrected chi connectivity index (χ2v) is 8.22. The Kier molecular flexibility index (Phi) is 7.78. The molecule has 0 aromatic rings. The molecule has 1 N–H and O–H groups in total. The smallest absolute Gasteiger partial charge is 0.313 e. The normalized spacial score (nSPS) is 15.3. The van der Waals surface area contributed by atoms with Gasteiger partial charge in [-0.05, 0) is 25.2 Å². The van der Waals surface area contributed by atoms with Crippen molar-refractivity contribution >= 4 is 7.60 Å². The van der Waals surface area contributed by atoms with E-state index in [4.69, 9.17) is 9.05 Å². The summed E-state index contributed by atoms with van der Waals surface area (Å²) in [5.74, 6) is -0.422. The lowest BCUT2D eigenvalue weighted by Gasteiger charge is -2.40. The van der Waals surface area contributed by atoms with E-state index in [0.29, 0.717) is 19.8 Å². The van der Waals surface area contributed by atoms with Crippen molar-refractivity contribution in [1.82, 2.24) is 5.06 Å². The first-order chi connectivity index (χ1) is 8.58. The third kappa shape index (κ3) is 5.92. The largest absolute Gasteiger partial charge is 0.350 e. The third-order valence-corrected chi connectivity index (χ3v) is 5.40. The molecule has 0 fully saturated rings. The van der Waals surface area contributed by atoms with Gasteiger partial charge in [0.2, 0.25) is 0 Å². The maximum absolute atomic E-state index is 12.9. The van der Waals surface area contributed by atoms with Crippen LogP contribution in [0.3, 0.4) is 0 Å². The first-order valence-electron chi connectivity index (χ1n) is 6.92. The van der Waals surface area contributed by atoms with Crippen LogP contribution in [0.15, 0.2) is 0 Å². The molecule has 0 rings (SSSR count). The summed E-state index contributed by atoms with van der Waals surface area (Å²) >= 11 is 0. The minimum atomic E-state index is -3.39. The molecule has 0 amide bonds. The summed E-state index contributed by atoms with van der Waals surface area (Å²) in [6, 6.07) is 0. The molecule has 1 atom stereocenters. The molecule has 0 saturated heterocycles. The Morgan fingerprint density at radius 3 is 1.84 bits per heavy atom. The van der Waals surface area contributed by atoms with Crippen LogP contribution in [-0.2, 0) is 13.6 Å². The molecular formula is C13H30NO4P. The average Bonchev–Trinajstić information content (AvgIpc) is 2.13. The molecule has 6 heteroatoms. The minimum Gasteiger partial charge on any atom is -0.313 e. The Balaban J connectivity index is 5.37. The second-order valence-electron chi connectivity index (χ2n) is 6.13. The second kappa shape index (κ2) is 7.75. The number of nitrogens with zero attached hydrogens (tertiary/aromatic N) is 1. The monoisotopic (exact) mass is 295 g/mol. The lowest BCUT2D eigenvalue weighted by molar-refractivity contribution is -0.140. The molecule has 0 radical (unpaired) electrons. The van der Waals surface area contributed by atoms with Gasteiger partial charge in [-0.25, -0.2) is 0 Å². The van der Waals surface area contributed by atoms with Crippen LogP contribution in [0.25, 0.3) is 0 Å². The number of hydrogen-bond donors (Lipinski definition) is 1. The van der Waals surface area contributed by atoms with Gasteiger partial charge < -0.3 is 14.3 Å². The molecule has 5 nitrogen and oxygen atoms in total. The first-order valence-corrected chi connectivity index (χ1v) is 8.54. The van der Waals surface area contributed by atoms with Crippen LogP contribution in [0.2, 0.25) is 0 Å². The predicted octanol–water partition coefficient (Wildman–Crippen LogP) is 3.97. The zero-order valence-electron chi connectivity index (χ0n) is 13.3. The van der Waals surface area contributed by atoms with Crippen molar-refractivity contribution in [3.8, 4) is 0 Å². The van der Waals surface area contributed by atoms with Gasteiger partial charge in [0.1, 0.15) is 5.78 Å². The maximum Gasteiger partial charge on any atom is 0.350 e. The van der Waals surface area contributed by atoms with E-state index in [1.807, 2.05) is 34.6 Å². The minimum absolute atomic E-state index is 0.256. The van der Waals surface area contributed by atoms with Crippen molar-refractivity contribution in [1.29, 1.82) is 0 Å². The highest BCUT2D eigenvalue weighted by molar-refractivity contribution is 7.54. The van der Waals surface area contributed by atoms with Gasteiger partial charge in [0.05, 0.1) is 13.2 Å². The molecule has 0 bridgehead atoms. The average molecular weight is 295 g/mol. The lowest BCUT2D eigenvalue weighted by Crippen LogP contribution is -2.44. The van der Waals surface area contributed by atoms with Crippen LogP contribution in [0.5, 0.6) is 0 Å². The first kappa shape index (κ1) is 19.1. The van der Waals surface area contributed by atoms with Crippen molar-refractivity contribution in [2.24, 2.45) is 11.3 Å². The van der Waals surface area contributed by atoms with Crippen LogP contribution >= 0.6 is 7.60 Å². The Bertz CT molecular complexity index is 292. The molecule has 0 aliphatic carbocycles. The van der Waals surface area contributed by atoms with Crippen molar-refractivity contribution in [2.45, 2.75) is 54.2 Å². The van der Waals surface area contributed by atoms with Crippen molar-refractivity contribution in [3.63, 3.8) is 0 Å². The quantitative estimate of drug-likeness (QED) is 0.542. The summed E-state index contributed by atoms with van der Waals surface area (Å²) < 4.78 is 23.7. The van der Waals surface area contributed by atoms with Crippen molar-refractivity contribution < 1.29 is 18.8 Å². The van der Waals surface area contributed by atoms with Gasteiger partial charge in [0, 0.05) is 6.54 Å². The summed E-state index contributed by atoms with van der Waals surface area (Å²) in [5, 5.41) is 11.4. The van der Waals surface area contributed by atoms with Gasteiger partial charge in [0.25, 0.3) is 0 Å². The predicted molar refractivity (Wildman–Crippen MR) is 77.4 cm³/mol. The highest BCUT2D eigenvalue weighted by Crippen LogP contribution is 2.59. The lowest BCUT2D eigenvalue weighted by atomic mass is 9.96. The van der Waals surface area contributed by atoms with Gasteiger partial charge >= 0.3 is 7.60 Å². The zero-order chi connectivity index (χ0) is 15.3. The SMILES string of the molecule is CCOP(=O)(OCC)C(N(O)CC(C)C)C(C)(C)C. The van der Waals surface area contributed by atoms with Crippen molar-refractivity contribution in [2.75, 3.05) is 19.8 Å². The van der Waals surface area contributed by atoms with Crippen LogP contribution in [0.4, 0.5) is 0 Å². The van der Waals surface area contributed by atoms with Gasteiger partial charge in [-0.2, -0.15) is 5.06 Å². The van der Waals surface area contributed by atoms with E-state index >= 15 is 0 Å². The van der Waals surface area contributed by atoms with E-state index in [1.54, 1.807) is 13.8 Å². The molecule has 19 heavy (non-hydrogen) atoms. The Hall–Kier alpha value is 0.0700. The molecule has 116 valence electrons. The highest BCUT2D eigenvalue weighted by atomic mass is 31.2. The Morgan fingerprint density at radius 1 is 1.16 bits per heavy atom. The molecule has 0 aromatic carbocycles. The van der Waals surface area contributed by atoms with Crippen molar-refractivity contribution in [3.05, 3.63) is 0 Å². The number of hydrogen-bond acceptors (Lipinski definition) is 5. The van der Waals surface area contributed by atoms with E-state index in [2.05, 4.69) is 0 Å². The summed E-state index contributed by atoms with van der Waals surface area (Å²) in [6.07, 6.45) is 0. The van der Waals surface area contributed by atoms with Gasteiger partial charge in [-0.3, -0.25) is 4.57 Å². The fourth-order valence-corrected chi connectivity index (χ4v) is 4.54. The van der Waals surface area contributed by atoms with Gasteiger partial charge in [-0.1, -0.05) is 34.6 Å². The topological polar surface area (TPSA) is 59.0 Å². The van der Waals surface area contributed by atoms with Gasteiger partial charge in [-0.15, -0.1) is 0 Å². The molecule has 0 aromatic heterocycles. The van der Waals surface area contributed by atoms with Crippen LogP contribution in [0.1, 0.15) is 48.5 Å². The Morgan fingerprint density at radius 2 is 1.58 bits per heavy atom. The molecule has 0 aliphatic heterocycles. The summed E-state index contributed by atoms with van der Waals surface area (Å²) in [5.41, 5.74) is -0.427. The molecule has 0 saturated carbocycles. The fourth-order valence-electron chi connectivity index (χ4n) is 2.10. The van der Waals surface area contributed by atoms with Crippen LogP contribution in [0, 0.1) is 11.3 Å². The molecule has 0 spiro atoms. The van der Waals surface area contributed by atoms with E-state index < -0.39 is 18.8 Å². The zero-order valence-corrected chi connectivity index (χ0v) is 14.2. The molecule has 1 unspecified atom stereocenters. The van der Waals surface area contributed by atoms with Crippen LogP contribution in [-0.4, -0.2) is 35.8 Å². The van der Waals surface area contributed by atoms with Gasteiger partial charge in [0.15, 0.2) is 0 Å². The van der Waals surface area contributed by atoms with E-state index in [1.165, 1.54) is 0 Å². The van der Waals surface area contributed by atoms with Crippen LogP contribution < -0.4 is 0 Å². The number of hydroxylamine groups is 2.